The van der Waals surface area contributed by atoms with E-state index >= 15 is 0 Å². The molecule has 0 spiro atoms. The maximum absolute atomic E-state index is 10.9. The zero-order valence-corrected chi connectivity index (χ0v) is 5.77. The Hall–Kier alpha value is -0.790. The highest BCUT2D eigenvalue weighted by molar-refractivity contribution is 5.85. The number of hydrogen-bond donors (Lipinski definition) is 1. The van der Waals surface area contributed by atoms with Crippen molar-refractivity contribution in [1.82, 2.24) is 5.32 Å². The minimum absolute atomic E-state index is 0.144. The van der Waals surface area contributed by atoms with E-state index in [9.17, 15) is 4.79 Å². The van der Waals surface area contributed by atoms with Gasteiger partial charge in [0.05, 0.1) is 5.92 Å². The molecule has 0 saturated carbocycles. The monoisotopic (exact) mass is 125 g/mol. The summed E-state index contributed by atoms with van der Waals surface area (Å²) in [4.78, 5) is 10.9. The van der Waals surface area contributed by atoms with Crippen molar-refractivity contribution in [1.29, 1.82) is 0 Å². The summed E-state index contributed by atoms with van der Waals surface area (Å²) >= 11 is 0. The Bertz CT molecular complexity index is 160. The first kappa shape index (κ1) is 6.33. The minimum Gasteiger partial charge on any atom is -0.332 e. The van der Waals surface area contributed by atoms with Gasteiger partial charge in [0.25, 0.3) is 0 Å². The molecular weight excluding hydrogens is 114 g/mol. The van der Waals surface area contributed by atoms with Crippen molar-refractivity contribution in [2.75, 3.05) is 0 Å². The third-order valence-electron chi connectivity index (χ3n) is 1.72. The van der Waals surface area contributed by atoms with Gasteiger partial charge in [-0.05, 0) is 18.9 Å². The van der Waals surface area contributed by atoms with E-state index in [1.807, 2.05) is 13.8 Å². The van der Waals surface area contributed by atoms with E-state index in [2.05, 4.69) is 5.32 Å². The van der Waals surface area contributed by atoms with Gasteiger partial charge in [0.1, 0.15) is 0 Å². The van der Waals surface area contributed by atoms with Crippen LogP contribution in [0.4, 0.5) is 0 Å². The standard InChI is InChI=1S/C7H11NO/c1-3-6-5(2)4-8-7(6)9/h4,6H,3H2,1-2H3,(H,8,9). The van der Waals surface area contributed by atoms with Gasteiger partial charge in [-0.25, -0.2) is 0 Å². The molecule has 0 aromatic heterocycles. The van der Waals surface area contributed by atoms with E-state index < -0.39 is 0 Å². The lowest BCUT2D eigenvalue weighted by molar-refractivity contribution is -0.122. The number of hydrogen-bond acceptors (Lipinski definition) is 1. The van der Waals surface area contributed by atoms with Crippen molar-refractivity contribution in [2.45, 2.75) is 20.3 Å². The van der Waals surface area contributed by atoms with E-state index in [1.54, 1.807) is 6.20 Å². The first-order valence-electron chi connectivity index (χ1n) is 3.22. The van der Waals surface area contributed by atoms with Gasteiger partial charge in [-0.3, -0.25) is 4.79 Å². The molecule has 0 aliphatic carbocycles. The molecule has 2 heteroatoms. The lowest BCUT2D eigenvalue weighted by atomic mass is 10.0. The highest BCUT2D eigenvalue weighted by atomic mass is 16.2. The molecule has 1 heterocycles. The molecule has 1 unspecified atom stereocenters. The van der Waals surface area contributed by atoms with Gasteiger partial charge in [0, 0.05) is 6.20 Å². The third kappa shape index (κ3) is 0.969. The lowest BCUT2D eigenvalue weighted by Crippen LogP contribution is -2.18. The summed E-state index contributed by atoms with van der Waals surface area (Å²) < 4.78 is 0. The summed E-state index contributed by atoms with van der Waals surface area (Å²) in [6.07, 6.45) is 2.70. The molecule has 1 aliphatic heterocycles. The Kier molecular flexibility index (Phi) is 1.56. The SMILES string of the molecule is CCC1C(=O)NC=C1C. The van der Waals surface area contributed by atoms with Crippen LogP contribution in [0.3, 0.4) is 0 Å². The average molecular weight is 125 g/mol. The predicted octanol–water partition coefficient (Wildman–Crippen LogP) is 1.05. The van der Waals surface area contributed by atoms with Crippen LogP contribution in [0.5, 0.6) is 0 Å². The van der Waals surface area contributed by atoms with Crippen LogP contribution in [0.2, 0.25) is 0 Å². The zero-order chi connectivity index (χ0) is 6.85. The first-order chi connectivity index (χ1) is 4.25. The second-order valence-corrected chi connectivity index (χ2v) is 2.36. The van der Waals surface area contributed by atoms with Crippen LogP contribution in [-0.2, 0) is 4.79 Å². The van der Waals surface area contributed by atoms with Gasteiger partial charge in [0.15, 0.2) is 0 Å². The summed E-state index contributed by atoms with van der Waals surface area (Å²) in [7, 11) is 0. The molecule has 1 N–H and O–H groups in total. The number of carbonyl (C=O) groups is 1. The number of amides is 1. The fourth-order valence-corrected chi connectivity index (χ4v) is 1.10. The van der Waals surface area contributed by atoms with Crippen molar-refractivity contribution < 1.29 is 4.79 Å². The topological polar surface area (TPSA) is 29.1 Å². The van der Waals surface area contributed by atoms with Crippen LogP contribution in [0.25, 0.3) is 0 Å². The van der Waals surface area contributed by atoms with Gasteiger partial charge < -0.3 is 5.32 Å². The van der Waals surface area contributed by atoms with E-state index in [4.69, 9.17) is 0 Å². The molecule has 0 fully saturated rings. The second-order valence-electron chi connectivity index (χ2n) is 2.36. The molecule has 50 valence electrons. The highest BCUT2D eigenvalue weighted by Crippen LogP contribution is 2.17. The smallest absolute Gasteiger partial charge is 0.231 e. The molecule has 0 aromatic carbocycles. The van der Waals surface area contributed by atoms with Crippen molar-refractivity contribution in [3.63, 3.8) is 0 Å². The third-order valence-corrected chi connectivity index (χ3v) is 1.72. The van der Waals surface area contributed by atoms with Gasteiger partial charge in [-0.15, -0.1) is 0 Å². The lowest BCUT2D eigenvalue weighted by Gasteiger charge is -2.02. The van der Waals surface area contributed by atoms with Crippen molar-refractivity contribution >= 4 is 5.91 Å². The molecule has 0 aromatic rings. The molecule has 1 aliphatic rings. The second kappa shape index (κ2) is 2.21. The molecule has 1 rings (SSSR count). The predicted molar refractivity (Wildman–Crippen MR) is 35.7 cm³/mol. The van der Waals surface area contributed by atoms with Gasteiger partial charge in [-0.2, -0.15) is 0 Å². The van der Waals surface area contributed by atoms with Crippen LogP contribution in [0.1, 0.15) is 20.3 Å². The summed E-state index contributed by atoms with van der Waals surface area (Å²) in [6, 6.07) is 0. The molecule has 9 heavy (non-hydrogen) atoms. The molecule has 1 atom stereocenters. The maximum Gasteiger partial charge on any atom is 0.231 e. The quantitative estimate of drug-likeness (QED) is 0.557. The highest BCUT2D eigenvalue weighted by Gasteiger charge is 2.21. The summed E-state index contributed by atoms with van der Waals surface area (Å²) in [5.41, 5.74) is 1.16. The summed E-state index contributed by atoms with van der Waals surface area (Å²) in [5.74, 6) is 0.292. The van der Waals surface area contributed by atoms with Gasteiger partial charge in [0.2, 0.25) is 5.91 Å². The Morgan fingerprint density at radius 3 is 2.67 bits per heavy atom. The Balaban J connectivity index is 2.67. The molecule has 0 radical (unpaired) electrons. The Morgan fingerprint density at radius 1 is 1.78 bits per heavy atom. The van der Waals surface area contributed by atoms with Gasteiger partial charge in [-0.1, -0.05) is 6.92 Å². The van der Waals surface area contributed by atoms with Crippen LogP contribution in [-0.4, -0.2) is 5.91 Å². The van der Waals surface area contributed by atoms with Gasteiger partial charge >= 0.3 is 0 Å². The molecule has 0 saturated heterocycles. The molecule has 0 bridgehead atoms. The molecule has 1 amide bonds. The van der Waals surface area contributed by atoms with Crippen molar-refractivity contribution in [3.05, 3.63) is 11.8 Å². The number of nitrogens with one attached hydrogen (secondary N) is 1. The fourth-order valence-electron chi connectivity index (χ4n) is 1.10. The minimum atomic E-state index is 0.144. The van der Waals surface area contributed by atoms with Crippen molar-refractivity contribution in [3.8, 4) is 0 Å². The number of rotatable bonds is 1. The summed E-state index contributed by atoms with van der Waals surface area (Å²) in [6.45, 7) is 4.00. The summed E-state index contributed by atoms with van der Waals surface area (Å²) in [5, 5.41) is 2.67. The normalized spacial score (nSPS) is 25.8. The average Bonchev–Trinajstić information content (AvgIpc) is 2.12. The Labute approximate surface area is 54.9 Å². The fraction of sp³-hybridized carbons (Fsp3) is 0.571. The van der Waals surface area contributed by atoms with E-state index in [1.165, 1.54) is 0 Å². The van der Waals surface area contributed by atoms with E-state index in [0.29, 0.717) is 0 Å². The zero-order valence-electron chi connectivity index (χ0n) is 5.77. The van der Waals surface area contributed by atoms with E-state index in [0.717, 1.165) is 12.0 Å². The maximum atomic E-state index is 10.9. The van der Waals surface area contributed by atoms with Crippen LogP contribution in [0.15, 0.2) is 11.8 Å². The van der Waals surface area contributed by atoms with Crippen molar-refractivity contribution in [2.24, 2.45) is 5.92 Å². The first-order valence-corrected chi connectivity index (χ1v) is 3.22. The Morgan fingerprint density at radius 2 is 2.44 bits per heavy atom. The van der Waals surface area contributed by atoms with E-state index in [-0.39, 0.29) is 11.8 Å². The molecule has 2 nitrogen and oxygen atoms in total. The number of carbonyl (C=O) groups excluding carboxylic acids is 1. The van der Waals surface area contributed by atoms with Crippen LogP contribution < -0.4 is 5.32 Å². The largest absolute Gasteiger partial charge is 0.332 e. The molecular formula is C7H11NO. The van der Waals surface area contributed by atoms with Crippen LogP contribution >= 0.6 is 0 Å². The van der Waals surface area contributed by atoms with Crippen LogP contribution in [0, 0.1) is 5.92 Å².